The molecule has 2 aromatic rings. The Labute approximate surface area is 101 Å². The maximum Gasteiger partial charge on any atom is 0.156 e. The van der Waals surface area contributed by atoms with Gasteiger partial charge >= 0.3 is 0 Å². The maximum atomic E-state index is 5.79. The third-order valence-corrected chi connectivity index (χ3v) is 3.93. The van der Waals surface area contributed by atoms with Gasteiger partial charge in [0.2, 0.25) is 0 Å². The fourth-order valence-corrected chi connectivity index (χ4v) is 2.89. The third kappa shape index (κ3) is 2.62. The van der Waals surface area contributed by atoms with Crippen molar-refractivity contribution in [3.05, 3.63) is 28.4 Å². The first-order valence-corrected chi connectivity index (χ1v) is 6.23. The number of pyridine rings is 1. The largest absolute Gasteiger partial charge is 0.396 e. The predicted molar refractivity (Wildman–Crippen MR) is 64.6 cm³/mol. The number of rotatable bonds is 2. The first-order chi connectivity index (χ1) is 7.15. The van der Waals surface area contributed by atoms with E-state index >= 15 is 0 Å². The summed E-state index contributed by atoms with van der Waals surface area (Å²) in [5, 5.41) is 3.29. The van der Waals surface area contributed by atoms with Crippen LogP contribution in [0.2, 0.25) is 5.02 Å². The third-order valence-electron chi connectivity index (χ3n) is 1.63. The summed E-state index contributed by atoms with van der Waals surface area (Å²) in [5.41, 5.74) is 7.38. The number of nitrogens with two attached hydrogens (primary N) is 1. The molecule has 0 saturated heterocycles. The summed E-state index contributed by atoms with van der Waals surface area (Å²) < 4.78 is 0.939. The molecule has 0 saturated carbocycles. The van der Waals surface area contributed by atoms with Gasteiger partial charge in [-0.1, -0.05) is 11.6 Å². The number of nitrogens with zero attached hydrogens (tertiary/aromatic N) is 2. The lowest BCUT2D eigenvalue weighted by molar-refractivity contribution is 1.12. The molecule has 0 atom stereocenters. The second-order valence-electron chi connectivity index (χ2n) is 2.90. The number of halogens is 1. The molecule has 2 rings (SSSR count). The van der Waals surface area contributed by atoms with Crippen LogP contribution in [-0.4, -0.2) is 9.97 Å². The van der Waals surface area contributed by atoms with Crippen LogP contribution in [0.1, 0.15) is 5.69 Å². The molecule has 2 aromatic heterocycles. The van der Waals surface area contributed by atoms with E-state index in [4.69, 9.17) is 17.3 Å². The van der Waals surface area contributed by atoms with Crippen LogP contribution in [-0.2, 0) is 0 Å². The molecule has 0 radical (unpaired) electrons. The summed E-state index contributed by atoms with van der Waals surface area (Å²) in [4.78, 5) is 8.48. The molecular formula is C9H8ClN3S2. The lowest BCUT2D eigenvalue weighted by Crippen LogP contribution is -1.91. The Morgan fingerprint density at radius 1 is 1.53 bits per heavy atom. The van der Waals surface area contributed by atoms with Gasteiger partial charge in [0.1, 0.15) is 5.03 Å². The number of hydrogen-bond donors (Lipinski definition) is 1. The van der Waals surface area contributed by atoms with Crippen LogP contribution in [0.15, 0.2) is 27.0 Å². The highest BCUT2D eigenvalue weighted by molar-refractivity contribution is 8.01. The minimum absolute atomic E-state index is 0.548. The highest BCUT2D eigenvalue weighted by Gasteiger charge is 2.06. The van der Waals surface area contributed by atoms with Crippen molar-refractivity contribution in [3.8, 4) is 0 Å². The molecule has 0 aliphatic heterocycles. The number of aromatic nitrogens is 2. The second-order valence-corrected chi connectivity index (χ2v) is 5.44. The van der Waals surface area contributed by atoms with E-state index in [1.807, 2.05) is 12.3 Å². The van der Waals surface area contributed by atoms with Crippen molar-refractivity contribution in [1.82, 2.24) is 9.97 Å². The molecule has 2 N–H and O–H groups in total. The molecule has 0 bridgehead atoms. The summed E-state index contributed by atoms with van der Waals surface area (Å²) in [6, 6.07) is 1.69. The molecule has 0 aliphatic rings. The van der Waals surface area contributed by atoms with E-state index < -0.39 is 0 Å². The van der Waals surface area contributed by atoms with E-state index in [1.54, 1.807) is 23.6 Å². The first-order valence-electron chi connectivity index (χ1n) is 4.16. The highest BCUT2D eigenvalue weighted by atomic mass is 35.5. The van der Waals surface area contributed by atoms with Crippen LogP contribution in [0.4, 0.5) is 5.69 Å². The van der Waals surface area contributed by atoms with E-state index in [1.165, 1.54) is 11.8 Å². The van der Waals surface area contributed by atoms with Crippen LogP contribution in [0.3, 0.4) is 0 Å². The van der Waals surface area contributed by atoms with E-state index in [9.17, 15) is 0 Å². The molecule has 15 heavy (non-hydrogen) atoms. The molecule has 0 spiro atoms. The van der Waals surface area contributed by atoms with E-state index in [0.717, 1.165) is 15.1 Å². The Kier molecular flexibility index (Phi) is 3.14. The number of anilines is 1. The van der Waals surface area contributed by atoms with Crippen molar-refractivity contribution in [1.29, 1.82) is 0 Å². The van der Waals surface area contributed by atoms with Crippen LogP contribution in [0.25, 0.3) is 0 Å². The Hall–Kier alpha value is -0.780. The monoisotopic (exact) mass is 257 g/mol. The summed E-state index contributed by atoms with van der Waals surface area (Å²) in [6.07, 6.45) is 1.58. The Morgan fingerprint density at radius 3 is 2.93 bits per heavy atom. The lowest BCUT2D eigenvalue weighted by Gasteiger charge is -2.01. The molecule has 0 unspecified atom stereocenters. The normalized spacial score (nSPS) is 10.5. The molecule has 0 aliphatic carbocycles. The zero-order chi connectivity index (χ0) is 10.8. The van der Waals surface area contributed by atoms with Gasteiger partial charge in [0.05, 0.1) is 10.7 Å². The number of aryl methyl sites for hydroxylation is 1. The van der Waals surface area contributed by atoms with Crippen LogP contribution >= 0.6 is 34.7 Å². The Bertz CT molecular complexity index is 484. The smallest absolute Gasteiger partial charge is 0.156 e. The molecule has 6 heteroatoms. The highest BCUT2D eigenvalue weighted by Crippen LogP contribution is 2.33. The van der Waals surface area contributed by atoms with Gasteiger partial charge in [-0.2, -0.15) is 0 Å². The summed E-state index contributed by atoms with van der Waals surface area (Å²) in [6.45, 7) is 1.96. The summed E-state index contributed by atoms with van der Waals surface area (Å²) in [5.74, 6) is 0. The maximum absolute atomic E-state index is 5.79. The molecule has 78 valence electrons. The van der Waals surface area contributed by atoms with Crippen LogP contribution in [0.5, 0.6) is 0 Å². The Morgan fingerprint density at radius 2 is 2.33 bits per heavy atom. The zero-order valence-corrected chi connectivity index (χ0v) is 10.3. The minimum Gasteiger partial charge on any atom is -0.396 e. The number of thiazole rings is 1. The quantitative estimate of drug-likeness (QED) is 0.897. The minimum atomic E-state index is 0.548. The van der Waals surface area contributed by atoms with Crippen LogP contribution in [0, 0.1) is 6.92 Å². The average Bonchev–Trinajstić information content (AvgIpc) is 2.56. The van der Waals surface area contributed by atoms with Gasteiger partial charge in [-0.25, -0.2) is 9.97 Å². The predicted octanol–water partition coefficient (Wildman–Crippen LogP) is 3.23. The second kappa shape index (κ2) is 4.38. The molecule has 0 fully saturated rings. The van der Waals surface area contributed by atoms with Gasteiger partial charge in [0.25, 0.3) is 0 Å². The molecule has 3 nitrogen and oxygen atoms in total. The van der Waals surface area contributed by atoms with Crippen molar-refractivity contribution in [2.45, 2.75) is 16.3 Å². The van der Waals surface area contributed by atoms with Crippen molar-refractivity contribution in [2.75, 3.05) is 5.73 Å². The van der Waals surface area contributed by atoms with Gasteiger partial charge in [0.15, 0.2) is 4.34 Å². The van der Waals surface area contributed by atoms with Gasteiger partial charge < -0.3 is 5.73 Å². The molecular weight excluding hydrogens is 250 g/mol. The molecule has 0 amide bonds. The van der Waals surface area contributed by atoms with Gasteiger partial charge in [-0.15, -0.1) is 11.3 Å². The average molecular weight is 258 g/mol. The van der Waals surface area contributed by atoms with E-state index in [0.29, 0.717) is 10.7 Å². The van der Waals surface area contributed by atoms with Gasteiger partial charge in [0, 0.05) is 17.3 Å². The molecule has 0 aromatic carbocycles. The van der Waals surface area contributed by atoms with Crippen LogP contribution < -0.4 is 5.73 Å². The number of nitrogen functional groups attached to an aromatic ring is 1. The fourth-order valence-electron chi connectivity index (χ4n) is 0.990. The zero-order valence-electron chi connectivity index (χ0n) is 7.90. The molecule has 2 heterocycles. The van der Waals surface area contributed by atoms with Crippen molar-refractivity contribution in [3.63, 3.8) is 0 Å². The SMILES string of the molecule is Cc1csc(Sc2ncc(Cl)cc2N)n1. The lowest BCUT2D eigenvalue weighted by atomic mass is 10.4. The Balaban J connectivity index is 2.24. The standard InChI is InChI=1S/C9H8ClN3S2/c1-5-4-14-9(13-5)15-8-7(11)2-6(10)3-12-8/h2-4H,11H2,1H3. The van der Waals surface area contributed by atoms with Crippen molar-refractivity contribution in [2.24, 2.45) is 0 Å². The van der Waals surface area contributed by atoms with E-state index in [2.05, 4.69) is 9.97 Å². The van der Waals surface area contributed by atoms with Gasteiger partial charge in [-0.05, 0) is 24.8 Å². The van der Waals surface area contributed by atoms with Crippen molar-refractivity contribution >= 4 is 40.4 Å². The van der Waals surface area contributed by atoms with E-state index in [-0.39, 0.29) is 0 Å². The van der Waals surface area contributed by atoms with Gasteiger partial charge in [-0.3, -0.25) is 0 Å². The van der Waals surface area contributed by atoms with Crippen molar-refractivity contribution < 1.29 is 0 Å². The summed E-state index contributed by atoms with van der Waals surface area (Å²) in [7, 11) is 0. The summed E-state index contributed by atoms with van der Waals surface area (Å²) >= 11 is 8.80. The topological polar surface area (TPSA) is 51.8 Å². The first kappa shape index (κ1) is 10.7. The number of hydrogen-bond acceptors (Lipinski definition) is 5. The fraction of sp³-hybridized carbons (Fsp3) is 0.111.